The van der Waals surface area contributed by atoms with Crippen LogP contribution in [0.3, 0.4) is 0 Å². The summed E-state index contributed by atoms with van der Waals surface area (Å²) in [6.45, 7) is 1.07. The van der Waals surface area contributed by atoms with E-state index in [2.05, 4.69) is 50.2 Å². The average molecular weight is 749 g/mol. The molecule has 0 unspecified atom stereocenters. The molecule has 278 valence electrons. The minimum atomic E-state index is -1.16. The lowest BCUT2D eigenvalue weighted by atomic mass is 10.0. The summed E-state index contributed by atoms with van der Waals surface area (Å²) in [7, 11) is 1.10. The van der Waals surface area contributed by atoms with Crippen LogP contribution in [0.4, 0.5) is 0 Å². The molecule has 5 amide bonds. The van der Waals surface area contributed by atoms with Gasteiger partial charge in [-0.05, 0) is 73.2 Å². The second-order valence-corrected chi connectivity index (χ2v) is 14.6. The Morgan fingerprint density at radius 1 is 0.759 bits per heavy atom. The lowest BCUT2D eigenvalue weighted by Gasteiger charge is -2.24. The van der Waals surface area contributed by atoms with Crippen LogP contribution in [-0.2, 0) is 42.9 Å². The van der Waals surface area contributed by atoms with E-state index < -0.39 is 52.6 Å². The summed E-state index contributed by atoms with van der Waals surface area (Å²) in [5, 5.41) is 17.6. The molecule has 0 radical (unpaired) electrons. The van der Waals surface area contributed by atoms with Crippen LogP contribution in [-0.4, -0.2) is 81.2 Å². The molecule has 14 heteroatoms. The minimum absolute atomic E-state index is 0.0137. The fourth-order valence-electron chi connectivity index (χ4n) is 5.59. The van der Waals surface area contributed by atoms with Gasteiger partial charge in [0.1, 0.15) is 23.9 Å². The number of hydrogen-bond donors (Lipinski definition) is 6. The molecule has 4 aromatic carbocycles. The lowest BCUT2D eigenvalue weighted by Crippen LogP contribution is -2.56. The highest BCUT2D eigenvalue weighted by atomic mass is 32.2. The number of H-pyrrole nitrogens is 1. The molecule has 0 spiro atoms. The van der Waals surface area contributed by atoms with Gasteiger partial charge in [0.15, 0.2) is 14.7 Å². The standard InChI is InChI=1S/C40H41N7O6S/c1-26(38(51)46-34(37(41)50)22-29-23-42-25-43-29)44-39(52)35(21-27-13-17-30(48)18-14-27)45-36(49)24-47(2)40(53)28-15-19-33(20-16-28)54(31-9-5-3-6-10-31)32-11-7-4-8-12-32/h3-20,23,25-26,34-35H,21-22,24H2,1-2H3,(H6-,41,42,43,44,45,46,48,49,50,51,52)/p+1/t26-,34-,35-/m0/s1. The van der Waals surface area contributed by atoms with Crippen LogP contribution in [0.15, 0.2) is 136 Å². The summed E-state index contributed by atoms with van der Waals surface area (Å²) in [5.41, 5.74) is 7.08. The number of rotatable bonds is 16. The Hall–Kier alpha value is -6.41. The van der Waals surface area contributed by atoms with Gasteiger partial charge in [-0.2, -0.15) is 0 Å². The van der Waals surface area contributed by atoms with Crippen LogP contribution < -0.4 is 21.7 Å². The van der Waals surface area contributed by atoms with Gasteiger partial charge >= 0.3 is 0 Å². The molecule has 0 saturated carbocycles. The number of carbonyl (C=O) groups excluding carboxylic acids is 5. The van der Waals surface area contributed by atoms with Crippen molar-refractivity contribution >= 4 is 40.4 Å². The van der Waals surface area contributed by atoms with Gasteiger partial charge in [-0.25, -0.2) is 4.98 Å². The first-order valence-electron chi connectivity index (χ1n) is 17.1. The number of amides is 5. The van der Waals surface area contributed by atoms with Crippen molar-refractivity contribution in [2.75, 3.05) is 13.6 Å². The van der Waals surface area contributed by atoms with Gasteiger partial charge in [0.25, 0.3) is 5.91 Å². The number of primary amides is 1. The maximum atomic E-state index is 13.5. The maximum absolute atomic E-state index is 13.5. The van der Waals surface area contributed by atoms with Crippen molar-refractivity contribution in [1.29, 1.82) is 0 Å². The fourth-order valence-corrected chi connectivity index (χ4v) is 7.68. The number of aromatic nitrogens is 2. The first kappa shape index (κ1) is 38.8. The molecule has 54 heavy (non-hydrogen) atoms. The largest absolute Gasteiger partial charge is 0.508 e. The summed E-state index contributed by atoms with van der Waals surface area (Å²) in [6, 6.07) is 30.3. The number of nitrogens with zero attached hydrogens (tertiary/aromatic N) is 2. The number of aromatic amines is 1. The normalized spacial score (nSPS) is 12.6. The number of carbonyl (C=O) groups is 5. The number of phenolic OH excluding ortho intramolecular Hbond substituents is 1. The Labute approximate surface area is 315 Å². The molecule has 13 nitrogen and oxygen atoms in total. The molecule has 1 heterocycles. The SMILES string of the molecule is C[C@H](NC(=O)[C@H](Cc1ccc(O)cc1)NC(=O)CN(C)C(=O)c1ccc([S+](c2ccccc2)c2ccccc2)cc1)C(=O)N[C@@H](Cc1cnc[nH]1)C(N)=O. The molecule has 3 atom stereocenters. The highest BCUT2D eigenvalue weighted by Gasteiger charge is 2.30. The highest BCUT2D eigenvalue weighted by Crippen LogP contribution is 2.31. The third-order valence-electron chi connectivity index (χ3n) is 8.44. The van der Waals surface area contributed by atoms with Gasteiger partial charge in [0.05, 0.1) is 23.8 Å². The molecule has 0 aliphatic carbocycles. The van der Waals surface area contributed by atoms with Crippen LogP contribution in [0.5, 0.6) is 5.75 Å². The van der Waals surface area contributed by atoms with Crippen molar-refractivity contribution < 1.29 is 29.1 Å². The van der Waals surface area contributed by atoms with E-state index in [-0.39, 0.29) is 31.0 Å². The Morgan fingerprint density at radius 3 is 1.91 bits per heavy atom. The molecule has 1 aromatic heterocycles. The topological polar surface area (TPSA) is 200 Å². The Kier molecular flexibility index (Phi) is 13.2. The van der Waals surface area contributed by atoms with Crippen molar-refractivity contribution in [1.82, 2.24) is 30.8 Å². The summed E-state index contributed by atoms with van der Waals surface area (Å²) in [6.07, 6.45) is 3.01. The molecule has 0 aliphatic heterocycles. The van der Waals surface area contributed by atoms with Gasteiger partial charge in [-0.3, -0.25) is 24.0 Å². The van der Waals surface area contributed by atoms with Crippen LogP contribution in [0.1, 0.15) is 28.5 Å². The van der Waals surface area contributed by atoms with Crippen LogP contribution in [0.25, 0.3) is 0 Å². The summed E-state index contributed by atoms with van der Waals surface area (Å²) in [5.74, 6) is -3.09. The first-order chi connectivity index (χ1) is 26.0. The smallest absolute Gasteiger partial charge is 0.254 e. The molecular formula is C40H42N7O6S+. The Balaban J connectivity index is 1.24. The van der Waals surface area contributed by atoms with Crippen LogP contribution >= 0.6 is 0 Å². The van der Waals surface area contributed by atoms with Crippen molar-refractivity contribution in [3.63, 3.8) is 0 Å². The van der Waals surface area contributed by atoms with Gasteiger partial charge in [0, 0.05) is 37.3 Å². The van der Waals surface area contributed by atoms with Crippen molar-refractivity contribution in [3.8, 4) is 5.75 Å². The fraction of sp³-hybridized carbons (Fsp3) is 0.200. The molecule has 5 aromatic rings. The number of aromatic hydroxyl groups is 1. The number of phenols is 1. The first-order valence-corrected chi connectivity index (χ1v) is 18.4. The lowest BCUT2D eigenvalue weighted by molar-refractivity contribution is -0.133. The molecule has 0 saturated heterocycles. The average Bonchev–Trinajstić information content (AvgIpc) is 3.69. The number of benzene rings is 4. The second-order valence-electron chi connectivity index (χ2n) is 12.6. The van der Waals surface area contributed by atoms with Gasteiger partial charge in [-0.1, -0.05) is 48.5 Å². The van der Waals surface area contributed by atoms with E-state index in [1.165, 1.54) is 43.5 Å². The van der Waals surface area contributed by atoms with Crippen LogP contribution in [0, 0.1) is 0 Å². The summed E-state index contributed by atoms with van der Waals surface area (Å²) >= 11 is 0. The zero-order valence-corrected chi connectivity index (χ0v) is 30.6. The Morgan fingerprint density at radius 2 is 1.35 bits per heavy atom. The highest BCUT2D eigenvalue weighted by molar-refractivity contribution is 7.97. The number of imidazole rings is 1. The quantitative estimate of drug-likeness (QED) is 0.0834. The van der Waals surface area contributed by atoms with Gasteiger partial charge < -0.3 is 36.7 Å². The van der Waals surface area contributed by atoms with Gasteiger partial charge in [-0.15, -0.1) is 0 Å². The van der Waals surface area contributed by atoms with E-state index in [0.29, 0.717) is 16.8 Å². The van der Waals surface area contributed by atoms with E-state index in [9.17, 15) is 29.1 Å². The van der Waals surface area contributed by atoms with Crippen LogP contribution in [0.2, 0.25) is 0 Å². The third kappa shape index (κ3) is 10.6. The predicted molar refractivity (Wildman–Crippen MR) is 203 cm³/mol. The second kappa shape index (κ2) is 18.4. The molecule has 0 bridgehead atoms. The van der Waals surface area contributed by atoms with Gasteiger partial charge in [0.2, 0.25) is 23.6 Å². The number of hydrogen-bond acceptors (Lipinski definition) is 7. The number of likely N-dealkylation sites (N-methyl/N-ethyl adjacent to an activating group) is 1. The van der Waals surface area contributed by atoms with E-state index in [1.54, 1.807) is 24.3 Å². The van der Waals surface area contributed by atoms with E-state index in [4.69, 9.17) is 5.73 Å². The molecule has 0 fully saturated rings. The monoisotopic (exact) mass is 748 g/mol. The molecule has 0 aliphatic rings. The van der Waals surface area contributed by atoms with Crippen molar-refractivity contribution in [3.05, 3.63) is 139 Å². The summed E-state index contributed by atoms with van der Waals surface area (Å²) in [4.78, 5) is 76.7. The van der Waals surface area contributed by atoms with E-state index in [0.717, 1.165) is 14.7 Å². The minimum Gasteiger partial charge on any atom is -0.508 e. The zero-order valence-electron chi connectivity index (χ0n) is 29.8. The van der Waals surface area contributed by atoms with E-state index in [1.807, 2.05) is 48.5 Å². The maximum Gasteiger partial charge on any atom is 0.254 e. The number of nitrogens with one attached hydrogen (secondary N) is 4. The third-order valence-corrected chi connectivity index (χ3v) is 10.7. The number of nitrogens with two attached hydrogens (primary N) is 1. The van der Waals surface area contributed by atoms with Crippen molar-refractivity contribution in [2.24, 2.45) is 5.73 Å². The van der Waals surface area contributed by atoms with E-state index >= 15 is 0 Å². The molecule has 7 N–H and O–H groups in total. The summed E-state index contributed by atoms with van der Waals surface area (Å²) < 4.78 is 0. The zero-order chi connectivity index (χ0) is 38.6. The molecule has 5 rings (SSSR count). The Bertz CT molecular complexity index is 1990. The molecular weight excluding hydrogens is 707 g/mol. The van der Waals surface area contributed by atoms with Crippen molar-refractivity contribution in [2.45, 2.75) is 52.6 Å². The predicted octanol–water partition coefficient (Wildman–Crippen LogP) is 2.73.